The molecular weight excluding hydrogens is 364 g/mol. The molecule has 0 bridgehead atoms. The van der Waals surface area contributed by atoms with Crippen LogP contribution in [0.5, 0.6) is 0 Å². The molecule has 2 nitrogen and oxygen atoms in total. The van der Waals surface area contributed by atoms with Crippen molar-refractivity contribution in [3.8, 4) is 0 Å². The zero-order valence-electron chi connectivity index (χ0n) is 8.76. The summed E-state index contributed by atoms with van der Waals surface area (Å²) >= 11 is 0. The van der Waals surface area contributed by atoms with Crippen molar-refractivity contribution in [2.75, 3.05) is 0 Å². The minimum Gasteiger partial charge on any atom is -0.209 e. The third-order valence-electron chi connectivity index (χ3n) is 2.72. The van der Waals surface area contributed by atoms with E-state index >= 15 is 0 Å². The Hall–Kier alpha value is -0.890. The molecule has 0 unspecified atom stereocenters. The van der Waals surface area contributed by atoms with E-state index < -0.39 is 44.8 Å². The highest BCUT2D eigenvalue weighted by Gasteiger charge is 3.04. The Labute approximate surface area is 106 Å². The molecule has 1 saturated carbocycles. The summed E-state index contributed by atoms with van der Waals surface area (Å²) in [7, 11) is -8.19. The average Bonchev–Trinajstić information content (AvgIpc) is 2.23. The quantitative estimate of drug-likeness (QED) is 0.529. The summed E-state index contributed by atoms with van der Waals surface area (Å²) < 4.78 is 172. The number of rotatable bonds is 1. The molecule has 0 aromatic carbocycles. The van der Waals surface area contributed by atoms with Crippen LogP contribution in [0.1, 0.15) is 0 Å². The summed E-state index contributed by atoms with van der Waals surface area (Å²) in [4.78, 5) is 0. The van der Waals surface area contributed by atoms with Gasteiger partial charge in [0, 0.05) is 0 Å². The normalized spacial score (nSPS) is 31.6. The molecular formula is C6F12O2S. The highest BCUT2D eigenvalue weighted by Crippen LogP contribution is 2.70. The van der Waals surface area contributed by atoms with Crippen LogP contribution in [0, 0.1) is 0 Å². The zero-order valence-corrected chi connectivity index (χ0v) is 9.58. The molecule has 126 valence electrons. The van der Waals surface area contributed by atoms with Gasteiger partial charge in [0.2, 0.25) is 0 Å². The molecule has 1 aliphatic carbocycles. The van der Waals surface area contributed by atoms with Crippen LogP contribution in [-0.4, -0.2) is 43.0 Å². The molecule has 1 aliphatic rings. The molecule has 21 heavy (non-hydrogen) atoms. The van der Waals surface area contributed by atoms with Crippen molar-refractivity contribution in [3.05, 3.63) is 0 Å². The van der Waals surface area contributed by atoms with E-state index in [0.717, 1.165) is 0 Å². The predicted octanol–water partition coefficient (Wildman–Crippen LogP) is 3.14. The van der Waals surface area contributed by atoms with Gasteiger partial charge in [0.25, 0.3) is 0 Å². The summed E-state index contributed by atoms with van der Waals surface area (Å²) in [5.74, 6) is -38.3. The molecule has 0 aromatic heterocycles. The minimum absolute atomic E-state index is 7.58. The number of halogens is 12. The summed E-state index contributed by atoms with van der Waals surface area (Å²) in [5.41, 5.74) is 0. The van der Waals surface area contributed by atoms with Crippen LogP contribution < -0.4 is 0 Å². The lowest BCUT2D eigenvalue weighted by molar-refractivity contribution is -0.470. The SMILES string of the molecule is O=S(=O)(F)C1(F)C(F)(F)C(F)(F)C(F)(F)C(F)(F)C1(F)F. The summed E-state index contributed by atoms with van der Waals surface area (Å²) in [5, 5.41) is -7.61. The lowest BCUT2D eigenvalue weighted by atomic mass is 9.81. The Bertz CT molecular complexity index is 532. The van der Waals surface area contributed by atoms with Gasteiger partial charge >= 0.3 is 44.8 Å². The Kier molecular flexibility index (Phi) is 3.21. The standard InChI is InChI=1S/C6F12O2S/c7-1(8)2(9,10)4(13,14)6(17,21(18,19)20)5(15,16)3(1,11)12. The fourth-order valence-electron chi connectivity index (χ4n) is 1.50. The second-order valence-electron chi connectivity index (χ2n) is 3.91. The fraction of sp³-hybridized carbons (Fsp3) is 1.00. The van der Waals surface area contributed by atoms with E-state index in [2.05, 4.69) is 0 Å². The molecule has 0 aromatic rings. The molecule has 0 N–H and O–H groups in total. The number of hydrogen-bond acceptors (Lipinski definition) is 2. The van der Waals surface area contributed by atoms with E-state index in [-0.39, 0.29) is 0 Å². The Balaban J connectivity index is 4.02. The molecule has 0 amide bonds. The maximum absolute atomic E-state index is 13.2. The van der Waals surface area contributed by atoms with E-state index in [9.17, 15) is 60.6 Å². The van der Waals surface area contributed by atoms with Crippen molar-refractivity contribution >= 4 is 10.2 Å². The molecule has 0 radical (unpaired) electrons. The molecule has 1 rings (SSSR count). The van der Waals surface area contributed by atoms with E-state index in [1.54, 1.807) is 0 Å². The van der Waals surface area contributed by atoms with Crippen LogP contribution in [-0.2, 0) is 10.2 Å². The highest BCUT2D eigenvalue weighted by molar-refractivity contribution is 7.87. The van der Waals surface area contributed by atoms with Gasteiger partial charge in [0.05, 0.1) is 0 Å². The van der Waals surface area contributed by atoms with Crippen LogP contribution >= 0.6 is 0 Å². The summed E-state index contributed by atoms with van der Waals surface area (Å²) in [6.07, 6.45) is 0. The Morgan fingerprint density at radius 2 is 0.667 bits per heavy atom. The van der Waals surface area contributed by atoms with E-state index in [1.165, 1.54) is 0 Å². The van der Waals surface area contributed by atoms with Gasteiger partial charge in [0.1, 0.15) is 0 Å². The summed E-state index contributed by atoms with van der Waals surface area (Å²) in [6.45, 7) is 0. The third-order valence-corrected chi connectivity index (χ3v) is 3.91. The van der Waals surface area contributed by atoms with E-state index in [4.69, 9.17) is 0 Å². The van der Waals surface area contributed by atoms with Gasteiger partial charge in [-0.25, -0.2) is 4.39 Å². The first-order valence-corrected chi connectivity index (χ1v) is 5.65. The smallest absolute Gasteiger partial charge is 0.209 e. The molecule has 1 fully saturated rings. The lowest BCUT2D eigenvalue weighted by Crippen LogP contribution is -2.84. The topological polar surface area (TPSA) is 34.1 Å². The molecule has 0 heterocycles. The van der Waals surface area contributed by atoms with Crippen molar-refractivity contribution in [1.29, 1.82) is 0 Å². The van der Waals surface area contributed by atoms with Crippen LogP contribution in [0.3, 0.4) is 0 Å². The number of hydrogen-bond donors (Lipinski definition) is 0. The van der Waals surface area contributed by atoms with Gasteiger partial charge in [-0.05, 0) is 0 Å². The highest BCUT2D eigenvalue weighted by atomic mass is 32.3. The van der Waals surface area contributed by atoms with Crippen LogP contribution in [0.2, 0.25) is 0 Å². The fourth-order valence-corrected chi connectivity index (χ4v) is 2.37. The lowest BCUT2D eigenvalue weighted by Gasteiger charge is -2.50. The molecule has 15 heteroatoms. The molecule has 0 aliphatic heterocycles. The predicted molar refractivity (Wildman–Crippen MR) is 38.6 cm³/mol. The Morgan fingerprint density at radius 3 is 0.857 bits per heavy atom. The van der Waals surface area contributed by atoms with Crippen molar-refractivity contribution < 1.29 is 60.6 Å². The first-order valence-electron chi connectivity index (χ1n) is 4.27. The first-order chi connectivity index (χ1) is 8.75. The molecule has 0 atom stereocenters. The number of alkyl halides is 11. The van der Waals surface area contributed by atoms with E-state index in [0.29, 0.717) is 0 Å². The van der Waals surface area contributed by atoms with Crippen molar-refractivity contribution in [2.24, 2.45) is 0 Å². The van der Waals surface area contributed by atoms with E-state index in [1.807, 2.05) is 0 Å². The van der Waals surface area contributed by atoms with Crippen molar-refractivity contribution in [1.82, 2.24) is 0 Å². The second kappa shape index (κ2) is 3.71. The van der Waals surface area contributed by atoms with Crippen LogP contribution in [0.4, 0.5) is 52.2 Å². The summed E-state index contributed by atoms with van der Waals surface area (Å²) in [6, 6.07) is 0. The van der Waals surface area contributed by atoms with Gasteiger partial charge in [-0.2, -0.15) is 52.3 Å². The van der Waals surface area contributed by atoms with Crippen molar-refractivity contribution in [3.63, 3.8) is 0 Å². The zero-order chi connectivity index (χ0) is 17.5. The van der Waals surface area contributed by atoms with Gasteiger partial charge < -0.3 is 0 Å². The van der Waals surface area contributed by atoms with Crippen molar-refractivity contribution in [2.45, 2.75) is 34.6 Å². The van der Waals surface area contributed by atoms with Gasteiger partial charge in [0.15, 0.2) is 0 Å². The maximum atomic E-state index is 13.2. The first kappa shape index (κ1) is 18.2. The van der Waals surface area contributed by atoms with Crippen LogP contribution in [0.25, 0.3) is 0 Å². The average molecular weight is 364 g/mol. The van der Waals surface area contributed by atoms with Gasteiger partial charge in [-0.1, -0.05) is 0 Å². The second-order valence-corrected chi connectivity index (χ2v) is 5.34. The minimum atomic E-state index is -8.19. The van der Waals surface area contributed by atoms with Gasteiger partial charge in [-0.15, -0.1) is 3.89 Å². The van der Waals surface area contributed by atoms with Crippen LogP contribution in [0.15, 0.2) is 0 Å². The monoisotopic (exact) mass is 364 g/mol. The maximum Gasteiger partial charge on any atom is 0.384 e. The Morgan fingerprint density at radius 1 is 0.476 bits per heavy atom. The molecule has 0 saturated heterocycles. The molecule has 0 spiro atoms. The largest absolute Gasteiger partial charge is 0.384 e. The van der Waals surface area contributed by atoms with Gasteiger partial charge in [-0.3, -0.25) is 0 Å². The third kappa shape index (κ3) is 1.45.